The van der Waals surface area contributed by atoms with E-state index < -0.39 is 11.9 Å². The van der Waals surface area contributed by atoms with Crippen LogP contribution >= 0.6 is 23.5 Å². The minimum Gasteiger partial charge on any atom is -1.00 e. The summed E-state index contributed by atoms with van der Waals surface area (Å²) in [6.07, 6.45) is 2.31. The Balaban J connectivity index is -0.00000361. The molecule has 0 radical (unpaired) electrons. The molecule has 0 saturated heterocycles. The van der Waals surface area contributed by atoms with Crippen LogP contribution in [0.3, 0.4) is 0 Å². The number of hydrogen-bond donors (Lipinski definition) is 3. The summed E-state index contributed by atoms with van der Waals surface area (Å²) in [6.45, 7) is 5.81. The number of phenolic OH excluding ortho intramolecular Hbond substituents is 1. The fraction of sp³-hybridized carbons (Fsp3) is 0.464. The quantitative estimate of drug-likeness (QED) is 0.105. The van der Waals surface area contributed by atoms with E-state index in [1.165, 1.54) is 18.7 Å². The molecule has 0 aliphatic rings. The van der Waals surface area contributed by atoms with Crippen LogP contribution < -0.4 is 63.9 Å². The molecule has 0 bridgehead atoms. The van der Waals surface area contributed by atoms with Gasteiger partial charge in [0.15, 0.2) is 5.78 Å². The molecule has 206 valence electrons. The van der Waals surface area contributed by atoms with Crippen LogP contribution in [0.25, 0.3) is 0 Å². The number of thioether (sulfide) groups is 2. The number of benzene rings is 2. The fourth-order valence-electron chi connectivity index (χ4n) is 3.96. The van der Waals surface area contributed by atoms with Crippen molar-refractivity contribution in [3.8, 4) is 11.5 Å². The van der Waals surface area contributed by atoms with Gasteiger partial charge in [0.05, 0.1) is 18.6 Å². The number of hydrogen-bond acceptors (Lipinski definition) is 7. The van der Waals surface area contributed by atoms with Crippen LogP contribution in [-0.2, 0) is 16.0 Å². The van der Waals surface area contributed by atoms with Crippen molar-refractivity contribution in [2.75, 3.05) is 18.1 Å². The summed E-state index contributed by atoms with van der Waals surface area (Å²) in [5, 5.41) is 28.5. The number of Topliss-reactive ketones (excluding diaryl/α,β-unsaturated/α-hetero) is 1. The third-order valence-electron chi connectivity index (χ3n) is 5.77. The van der Waals surface area contributed by atoms with Crippen molar-refractivity contribution in [1.29, 1.82) is 0 Å². The summed E-state index contributed by atoms with van der Waals surface area (Å²) < 4.78 is 5.93. The first-order valence-electron chi connectivity index (χ1n) is 12.4. The number of carboxylic acid groups (broad SMARTS) is 2. The van der Waals surface area contributed by atoms with E-state index >= 15 is 0 Å². The first kappa shape index (κ1) is 38.4. The van der Waals surface area contributed by atoms with Crippen molar-refractivity contribution < 1.29 is 96.4 Å². The Bertz CT molecular complexity index is 1080. The van der Waals surface area contributed by atoms with Crippen molar-refractivity contribution >= 4 is 41.2 Å². The number of carbonyl (C=O) groups excluding carboxylic acids is 1. The van der Waals surface area contributed by atoms with E-state index in [1.807, 2.05) is 38.1 Å². The molecule has 7 nitrogen and oxygen atoms in total. The van der Waals surface area contributed by atoms with Crippen LogP contribution in [0.2, 0.25) is 0 Å². The molecule has 0 saturated carbocycles. The minimum atomic E-state index is -0.863. The first-order chi connectivity index (χ1) is 17.6. The summed E-state index contributed by atoms with van der Waals surface area (Å²) in [7, 11) is 0. The maximum absolute atomic E-state index is 11.7. The van der Waals surface area contributed by atoms with Gasteiger partial charge in [-0.15, -0.1) is 11.8 Å². The molecule has 3 N–H and O–H groups in total. The van der Waals surface area contributed by atoms with Crippen LogP contribution in [0, 0.1) is 5.92 Å². The largest absolute Gasteiger partial charge is 1.00 e. The van der Waals surface area contributed by atoms with Gasteiger partial charge in [-0.3, -0.25) is 14.4 Å². The topological polar surface area (TPSA) is 121 Å². The first-order valence-corrected chi connectivity index (χ1v) is 14.4. The number of ether oxygens (including phenoxy) is 1. The summed E-state index contributed by atoms with van der Waals surface area (Å²) in [5.41, 5.74) is 1.98. The summed E-state index contributed by atoms with van der Waals surface area (Å²) in [6, 6.07) is 11.4. The standard InChI is InChI=1S/C28H36O7S2.2Na.2H/c1-4-6-23-24(12-11-22(19(3)29)27(23)34)35-14-5-15-36-21-9-7-20(8-10-21)28(18(2)17-26(32)33)37-16-13-25(30)31;;;;/h7-12,18,28,34H,4-6,13-17H2,1-3H3,(H,30,31)(H,32,33);;;;/q;2*+1;2*-1. The molecule has 2 rings (SSSR count). The van der Waals surface area contributed by atoms with Crippen molar-refractivity contribution in [2.45, 2.75) is 63.0 Å². The zero-order valence-corrected chi connectivity index (χ0v) is 29.2. The van der Waals surface area contributed by atoms with Crippen LogP contribution in [0.1, 0.15) is 76.0 Å². The van der Waals surface area contributed by atoms with Gasteiger partial charge in [0.1, 0.15) is 11.5 Å². The molecular formula is C28H38Na2O7S2. The molecule has 2 aromatic rings. The molecule has 0 fully saturated rings. The van der Waals surface area contributed by atoms with Crippen LogP contribution in [0.5, 0.6) is 11.5 Å². The Morgan fingerprint density at radius 1 is 1.00 bits per heavy atom. The predicted octanol–water partition coefficient (Wildman–Crippen LogP) is 0.701. The van der Waals surface area contributed by atoms with Gasteiger partial charge in [-0.2, -0.15) is 11.8 Å². The summed E-state index contributed by atoms with van der Waals surface area (Å²) in [5.74, 6) is -0.156. The van der Waals surface area contributed by atoms with E-state index in [0.717, 1.165) is 29.1 Å². The molecule has 2 atom stereocenters. The van der Waals surface area contributed by atoms with Gasteiger partial charge in [-0.25, -0.2) is 0 Å². The maximum Gasteiger partial charge on any atom is 1.00 e. The molecule has 0 aliphatic carbocycles. The number of phenols is 1. The molecular weight excluding hydrogens is 558 g/mol. The monoisotopic (exact) mass is 596 g/mol. The third kappa shape index (κ3) is 13.3. The molecule has 0 amide bonds. The van der Waals surface area contributed by atoms with Crippen LogP contribution in [-0.4, -0.2) is 51.2 Å². The number of rotatable bonds is 17. The van der Waals surface area contributed by atoms with E-state index in [2.05, 4.69) is 0 Å². The van der Waals surface area contributed by atoms with Gasteiger partial charge in [0.25, 0.3) is 0 Å². The summed E-state index contributed by atoms with van der Waals surface area (Å²) >= 11 is 3.17. The Labute approximate surface area is 286 Å². The van der Waals surface area contributed by atoms with Gasteiger partial charge in [0.2, 0.25) is 0 Å². The molecule has 2 aromatic carbocycles. The van der Waals surface area contributed by atoms with Crippen molar-refractivity contribution in [3.05, 3.63) is 53.1 Å². The smallest absolute Gasteiger partial charge is 1.00 e. The van der Waals surface area contributed by atoms with Gasteiger partial charge >= 0.3 is 71.1 Å². The molecule has 0 aliphatic heterocycles. The van der Waals surface area contributed by atoms with Crippen molar-refractivity contribution in [2.24, 2.45) is 5.92 Å². The van der Waals surface area contributed by atoms with Gasteiger partial charge in [-0.05, 0) is 55.5 Å². The SMILES string of the molecule is CCCc1c(OCCCSc2ccc(C(SCCC(=O)O)C(C)CC(=O)O)cc2)ccc(C(C)=O)c1O.[H-].[H-].[Na+].[Na+]. The van der Waals surface area contributed by atoms with Crippen LogP contribution in [0.4, 0.5) is 0 Å². The second-order valence-corrected chi connectivity index (χ2v) is 11.3. The molecule has 0 spiro atoms. The normalized spacial score (nSPS) is 12.0. The second-order valence-electron chi connectivity index (χ2n) is 8.87. The Hall–Kier alpha value is -0.650. The predicted molar refractivity (Wildman–Crippen MR) is 150 cm³/mol. The van der Waals surface area contributed by atoms with E-state index in [0.29, 0.717) is 35.7 Å². The fourth-order valence-corrected chi connectivity index (χ4v) is 6.11. The molecule has 0 aromatic heterocycles. The zero-order chi connectivity index (χ0) is 27.4. The van der Waals surface area contributed by atoms with Crippen molar-refractivity contribution in [1.82, 2.24) is 0 Å². The molecule has 39 heavy (non-hydrogen) atoms. The number of carboxylic acids is 2. The molecule has 11 heteroatoms. The van der Waals surface area contributed by atoms with E-state index in [4.69, 9.17) is 9.84 Å². The summed E-state index contributed by atoms with van der Waals surface area (Å²) in [4.78, 5) is 34.9. The number of carbonyl (C=O) groups is 3. The van der Waals surface area contributed by atoms with Gasteiger partial charge < -0.3 is 22.9 Å². The second kappa shape index (κ2) is 20.3. The Kier molecular flexibility index (Phi) is 19.9. The average Bonchev–Trinajstić information content (AvgIpc) is 2.83. The Morgan fingerprint density at radius 3 is 2.23 bits per heavy atom. The molecule has 2 unspecified atom stereocenters. The van der Waals surface area contributed by atoms with Crippen molar-refractivity contribution in [3.63, 3.8) is 0 Å². The number of ketones is 1. The van der Waals surface area contributed by atoms with Gasteiger partial charge in [0, 0.05) is 33.6 Å². The van der Waals surface area contributed by atoms with E-state index in [-0.39, 0.29) is 97.5 Å². The minimum absolute atomic E-state index is 0. The number of aliphatic carboxylic acids is 2. The van der Waals surface area contributed by atoms with Crippen LogP contribution in [0.15, 0.2) is 41.3 Å². The number of aromatic hydroxyl groups is 1. The van der Waals surface area contributed by atoms with E-state index in [1.54, 1.807) is 23.9 Å². The Morgan fingerprint density at radius 2 is 1.67 bits per heavy atom. The molecule has 0 heterocycles. The van der Waals surface area contributed by atoms with Gasteiger partial charge in [-0.1, -0.05) is 32.4 Å². The average molecular weight is 597 g/mol. The maximum atomic E-state index is 11.7. The van der Waals surface area contributed by atoms with E-state index in [9.17, 15) is 24.6 Å². The zero-order valence-electron chi connectivity index (χ0n) is 25.6. The third-order valence-corrected chi connectivity index (χ3v) is 8.40.